The lowest BCUT2D eigenvalue weighted by Crippen LogP contribution is -2.05. The average molecular weight is 162 g/mol. The summed E-state index contributed by atoms with van der Waals surface area (Å²) in [6.45, 7) is 14.3. The molecular weight excluding hydrogens is 144 g/mol. The molecule has 0 amide bonds. The predicted octanol–water partition coefficient (Wildman–Crippen LogP) is 3.56. The zero-order valence-corrected chi connectivity index (χ0v) is 8.78. The Morgan fingerprint density at radius 2 is 1.75 bits per heavy atom. The second kappa shape index (κ2) is 4.16. The summed E-state index contributed by atoms with van der Waals surface area (Å²) in [5, 5.41) is 0. The van der Waals surface area contributed by atoms with Gasteiger partial charge in [0.15, 0.2) is 0 Å². The van der Waals surface area contributed by atoms with Crippen LogP contribution in [-0.4, -0.2) is 0 Å². The Balaban J connectivity index is 4.43. The van der Waals surface area contributed by atoms with E-state index in [1.165, 1.54) is 5.57 Å². The van der Waals surface area contributed by atoms with Gasteiger partial charge in [-0.05, 0) is 30.9 Å². The molecule has 0 fully saturated rings. The molecule has 0 heterocycles. The van der Waals surface area contributed by atoms with Crippen molar-refractivity contribution in [1.29, 1.82) is 0 Å². The highest BCUT2D eigenvalue weighted by molar-refractivity contribution is 5.31. The van der Waals surface area contributed by atoms with E-state index in [0.29, 0.717) is 0 Å². The fourth-order valence-corrected chi connectivity index (χ4v) is 0.484. The first-order valence-corrected chi connectivity index (χ1v) is 4.18. The lowest BCUT2D eigenvalue weighted by Gasteiger charge is -2.18. The molecular formula is C12H18. The monoisotopic (exact) mass is 162 g/mol. The normalized spacial score (nSPS) is 11.9. The van der Waals surface area contributed by atoms with Crippen molar-refractivity contribution >= 4 is 0 Å². The van der Waals surface area contributed by atoms with Gasteiger partial charge in [-0.15, -0.1) is 0 Å². The van der Waals surface area contributed by atoms with Crippen LogP contribution in [0.25, 0.3) is 0 Å². The van der Waals surface area contributed by atoms with Crippen molar-refractivity contribution in [3.63, 3.8) is 0 Å². The van der Waals surface area contributed by atoms with Gasteiger partial charge in [-0.2, -0.15) is 0 Å². The van der Waals surface area contributed by atoms with E-state index in [1.807, 2.05) is 13.0 Å². The summed E-state index contributed by atoms with van der Waals surface area (Å²) in [6.07, 6.45) is 1.97. The Bertz CT molecular complexity index is 248. The molecule has 0 radical (unpaired) electrons. The van der Waals surface area contributed by atoms with E-state index in [1.54, 1.807) is 0 Å². The van der Waals surface area contributed by atoms with Gasteiger partial charge in [0.1, 0.15) is 0 Å². The third-order valence-electron chi connectivity index (χ3n) is 1.76. The molecule has 0 bridgehead atoms. The van der Waals surface area contributed by atoms with Gasteiger partial charge in [-0.3, -0.25) is 0 Å². The first-order valence-electron chi connectivity index (χ1n) is 4.18. The van der Waals surface area contributed by atoms with Crippen molar-refractivity contribution in [2.75, 3.05) is 0 Å². The average Bonchev–Trinajstić information content (AvgIpc) is 1.84. The maximum atomic E-state index is 3.71. The van der Waals surface area contributed by atoms with Gasteiger partial charge < -0.3 is 0 Å². The van der Waals surface area contributed by atoms with E-state index >= 15 is 0 Å². The Hall–Kier alpha value is -0.960. The number of hydrogen-bond donors (Lipinski definition) is 0. The van der Waals surface area contributed by atoms with Crippen LogP contribution in [0, 0.1) is 17.3 Å². The van der Waals surface area contributed by atoms with Crippen molar-refractivity contribution < 1.29 is 0 Å². The van der Waals surface area contributed by atoms with Crippen molar-refractivity contribution in [2.45, 2.75) is 34.6 Å². The molecule has 0 atom stereocenters. The fraction of sp³-hybridized carbons (Fsp3) is 0.500. The van der Waals surface area contributed by atoms with E-state index in [0.717, 1.165) is 5.57 Å². The summed E-state index contributed by atoms with van der Waals surface area (Å²) < 4.78 is 0. The number of rotatable bonds is 0. The van der Waals surface area contributed by atoms with E-state index in [2.05, 4.69) is 46.1 Å². The molecule has 0 aromatic heterocycles. The standard InChI is InChI=1S/C12H18/c1-10(2)8-7-9-11(3)12(4,5)6/h9H,1H2,2-6H3. The third kappa shape index (κ3) is 4.79. The van der Waals surface area contributed by atoms with E-state index in [4.69, 9.17) is 0 Å². The molecule has 66 valence electrons. The van der Waals surface area contributed by atoms with Crippen LogP contribution in [0.4, 0.5) is 0 Å². The minimum Gasteiger partial charge on any atom is -0.0877 e. The molecule has 0 nitrogen and oxygen atoms in total. The SMILES string of the molecule is C=C(C)C#CC=C(C)C(C)(C)C. The van der Waals surface area contributed by atoms with Crippen LogP contribution in [0.1, 0.15) is 34.6 Å². The van der Waals surface area contributed by atoms with E-state index in [-0.39, 0.29) is 5.41 Å². The molecule has 0 unspecified atom stereocenters. The van der Waals surface area contributed by atoms with Gasteiger partial charge in [-0.25, -0.2) is 0 Å². The molecule has 0 N–H and O–H groups in total. The van der Waals surface area contributed by atoms with Gasteiger partial charge in [0, 0.05) is 0 Å². The highest BCUT2D eigenvalue weighted by atomic mass is 14.2. The van der Waals surface area contributed by atoms with Crippen molar-refractivity contribution in [1.82, 2.24) is 0 Å². The summed E-state index contributed by atoms with van der Waals surface area (Å²) in [5.41, 5.74) is 2.44. The molecule has 12 heavy (non-hydrogen) atoms. The molecule has 0 aromatic rings. The van der Waals surface area contributed by atoms with Crippen LogP contribution >= 0.6 is 0 Å². The van der Waals surface area contributed by atoms with Crippen LogP contribution < -0.4 is 0 Å². The summed E-state index contributed by atoms with van der Waals surface area (Å²) in [5.74, 6) is 5.91. The van der Waals surface area contributed by atoms with Gasteiger partial charge in [0.25, 0.3) is 0 Å². The lowest BCUT2D eigenvalue weighted by molar-refractivity contribution is 0.504. The molecule has 0 saturated carbocycles. The topological polar surface area (TPSA) is 0 Å². The Morgan fingerprint density at radius 1 is 1.25 bits per heavy atom. The molecule has 0 aromatic carbocycles. The van der Waals surface area contributed by atoms with Gasteiger partial charge in [0.05, 0.1) is 0 Å². The van der Waals surface area contributed by atoms with Crippen molar-refractivity contribution in [3.8, 4) is 11.8 Å². The van der Waals surface area contributed by atoms with Gasteiger partial charge in [0.2, 0.25) is 0 Å². The first-order chi connectivity index (χ1) is 5.34. The minimum atomic E-state index is 0.226. The Labute approximate surface area is 76.4 Å². The van der Waals surface area contributed by atoms with Crippen LogP contribution in [0.15, 0.2) is 23.8 Å². The van der Waals surface area contributed by atoms with Crippen LogP contribution in [0.3, 0.4) is 0 Å². The maximum Gasteiger partial charge on any atom is -0.00790 e. The molecule has 0 rings (SSSR count). The largest absolute Gasteiger partial charge is 0.0877 e. The molecule has 0 heteroatoms. The highest BCUT2D eigenvalue weighted by Gasteiger charge is 2.10. The van der Waals surface area contributed by atoms with Crippen LogP contribution in [0.5, 0.6) is 0 Å². The molecule has 0 aliphatic rings. The summed E-state index contributed by atoms with van der Waals surface area (Å²) >= 11 is 0. The summed E-state index contributed by atoms with van der Waals surface area (Å²) in [6, 6.07) is 0. The van der Waals surface area contributed by atoms with Gasteiger partial charge >= 0.3 is 0 Å². The number of hydrogen-bond acceptors (Lipinski definition) is 0. The zero-order chi connectivity index (χ0) is 9.78. The summed E-state index contributed by atoms with van der Waals surface area (Å²) in [7, 11) is 0. The predicted molar refractivity (Wildman–Crippen MR) is 55.8 cm³/mol. The van der Waals surface area contributed by atoms with Crippen LogP contribution in [0.2, 0.25) is 0 Å². The Kier molecular flexibility index (Phi) is 3.83. The van der Waals surface area contributed by atoms with E-state index < -0.39 is 0 Å². The van der Waals surface area contributed by atoms with E-state index in [9.17, 15) is 0 Å². The van der Waals surface area contributed by atoms with Crippen molar-refractivity contribution in [3.05, 3.63) is 23.8 Å². The smallest absolute Gasteiger partial charge is 0.00790 e. The molecule has 0 aliphatic carbocycles. The second-order valence-electron chi connectivity index (χ2n) is 4.13. The van der Waals surface area contributed by atoms with Crippen molar-refractivity contribution in [2.24, 2.45) is 5.41 Å². The zero-order valence-electron chi connectivity index (χ0n) is 8.78. The summed E-state index contributed by atoms with van der Waals surface area (Å²) in [4.78, 5) is 0. The lowest BCUT2D eigenvalue weighted by atomic mass is 9.87. The molecule has 0 saturated heterocycles. The second-order valence-corrected chi connectivity index (χ2v) is 4.13. The van der Waals surface area contributed by atoms with Crippen LogP contribution in [-0.2, 0) is 0 Å². The Morgan fingerprint density at radius 3 is 2.08 bits per heavy atom. The maximum absolute atomic E-state index is 3.71. The third-order valence-corrected chi connectivity index (χ3v) is 1.76. The number of allylic oxidation sites excluding steroid dienone is 3. The molecule has 0 spiro atoms. The minimum absolute atomic E-state index is 0.226. The highest BCUT2D eigenvalue weighted by Crippen LogP contribution is 2.23. The first kappa shape index (κ1) is 11.0. The fourth-order valence-electron chi connectivity index (χ4n) is 0.484. The van der Waals surface area contributed by atoms with Gasteiger partial charge in [-0.1, -0.05) is 44.8 Å². The quantitative estimate of drug-likeness (QED) is 0.478. The molecule has 0 aliphatic heterocycles.